The summed E-state index contributed by atoms with van der Waals surface area (Å²) in [5, 5.41) is 0. The molecule has 0 aromatic rings. The third kappa shape index (κ3) is 1.84. The molecule has 0 aromatic heterocycles. The molecule has 2 nitrogen and oxygen atoms in total. The third-order valence-electron chi connectivity index (χ3n) is 2.64. The van der Waals surface area contributed by atoms with E-state index in [1.165, 1.54) is 11.1 Å². The SMILES string of the molecule is CN=C1C=CC2=NC(C)(C)C=C(C)C2=C1. The van der Waals surface area contributed by atoms with Gasteiger partial charge in [0.1, 0.15) is 0 Å². The molecule has 0 fully saturated rings. The number of nitrogens with zero attached hydrogens (tertiary/aromatic N) is 2. The van der Waals surface area contributed by atoms with E-state index in [-0.39, 0.29) is 5.54 Å². The Balaban J connectivity index is 2.50. The summed E-state index contributed by atoms with van der Waals surface area (Å²) in [5.74, 6) is 0. The zero-order valence-corrected chi connectivity index (χ0v) is 9.70. The van der Waals surface area contributed by atoms with Crippen LogP contribution in [0.15, 0.2) is 45.4 Å². The zero-order valence-electron chi connectivity index (χ0n) is 9.70. The molecular formula is C13H16N2. The molecule has 0 N–H and O–H groups in total. The van der Waals surface area contributed by atoms with E-state index in [1.54, 1.807) is 0 Å². The average Bonchev–Trinajstić information content (AvgIpc) is 2.15. The Kier molecular flexibility index (Phi) is 2.22. The number of hydrogen-bond donors (Lipinski definition) is 0. The quantitative estimate of drug-likeness (QED) is 0.537. The molecule has 0 aromatic carbocycles. The summed E-state index contributed by atoms with van der Waals surface area (Å²) < 4.78 is 0. The Labute approximate surface area is 90.8 Å². The van der Waals surface area contributed by atoms with Gasteiger partial charge in [-0.1, -0.05) is 6.08 Å². The molecule has 2 heteroatoms. The molecule has 0 atom stereocenters. The van der Waals surface area contributed by atoms with Crippen LogP contribution in [-0.4, -0.2) is 24.0 Å². The predicted octanol–water partition coefficient (Wildman–Crippen LogP) is 2.73. The predicted molar refractivity (Wildman–Crippen MR) is 65.9 cm³/mol. The van der Waals surface area contributed by atoms with Crippen molar-refractivity contribution in [2.45, 2.75) is 26.3 Å². The van der Waals surface area contributed by atoms with Crippen LogP contribution in [0, 0.1) is 0 Å². The summed E-state index contributed by atoms with van der Waals surface area (Å²) in [6.07, 6.45) is 8.36. The van der Waals surface area contributed by atoms with E-state index < -0.39 is 0 Å². The van der Waals surface area contributed by atoms with Crippen molar-refractivity contribution in [1.29, 1.82) is 0 Å². The number of hydrogen-bond acceptors (Lipinski definition) is 2. The number of fused-ring (bicyclic) bond motifs is 1. The highest BCUT2D eigenvalue weighted by Crippen LogP contribution is 2.28. The maximum absolute atomic E-state index is 4.69. The monoisotopic (exact) mass is 200 g/mol. The van der Waals surface area contributed by atoms with Gasteiger partial charge < -0.3 is 0 Å². The van der Waals surface area contributed by atoms with Gasteiger partial charge in [-0.15, -0.1) is 0 Å². The first-order valence-corrected chi connectivity index (χ1v) is 5.18. The highest BCUT2D eigenvalue weighted by molar-refractivity contribution is 6.23. The fourth-order valence-corrected chi connectivity index (χ4v) is 2.03. The van der Waals surface area contributed by atoms with Gasteiger partial charge in [-0.3, -0.25) is 9.98 Å². The summed E-state index contributed by atoms with van der Waals surface area (Å²) >= 11 is 0. The van der Waals surface area contributed by atoms with Crippen molar-refractivity contribution < 1.29 is 0 Å². The second kappa shape index (κ2) is 3.30. The summed E-state index contributed by atoms with van der Waals surface area (Å²) in [4.78, 5) is 8.87. The Bertz CT molecular complexity index is 443. The van der Waals surface area contributed by atoms with Crippen molar-refractivity contribution in [1.82, 2.24) is 0 Å². The van der Waals surface area contributed by atoms with Crippen LogP contribution in [0.2, 0.25) is 0 Å². The first-order chi connectivity index (χ1) is 7.02. The van der Waals surface area contributed by atoms with E-state index in [4.69, 9.17) is 0 Å². The minimum atomic E-state index is -0.0814. The lowest BCUT2D eigenvalue weighted by atomic mass is 9.88. The van der Waals surface area contributed by atoms with Crippen molar-refractivity contribution in [2.24, 2.45) is 9.98 Å². The molecule has 1 heterocycles. The van der Waals surface area contributed by atoms with E-state index in [9.17, 15) is 0 Å². The average molecular weight is 200 g/mol. The van der Waals surface area contributed by atoms with Crippen LogP contribution < -0.4 is 0 Å². The molecule has 1 aliphatic carbocycles. The summed E-state index contributed by atoms with van der Waals surface area (Å²) in [6, 6.07) is 0. The van der Waals surface area contributed by atoms with Crippen molar-refractivity contribution in [2.75, 3.05) is 7.05 Å². The molecule has 0 bridgehead atoms. The highest BCUT2D eigenvalue weighted by Gasteiger charge is 2.23. The van der Waals surface area contributed by atoms with Gasteiger partial charge in [-0.2, -0.15) is 0 Å². The van der Waals surface area contributed by atoms with Crippen LogP contribution >= 0.6 is 0 Å². The molecule has 2 aliphatic rings. The van der Waals surface area contributed by atoms with Crippen LogP contribution in [-0.2, 0) is 0 Å². The minimum absolute atomic E-state index is 0.0814. The summed E-state index contributed by atoms with van der Waals surface area (Å²) in [6.45, 7) is 6.38. The lowest BCUT2D eigenvalue weighted by Crippen LogP contribution is -2.24. The van der Waals surface area contributed by atoms with Gasteiger partial charge in [0.25, 0.3) is 0 Å². The van der Waals surface area contributed by atoms with Gasteiger partial charge in [0.05, 0.1) is 17.0 Å². The molecule has 2 rings (SSSR count). The molecule has 0 unspecified atom stereocenters. The largest absolute Gasteiger partial charge is 0.289 e. The molecular weight excluding hydrogens is 184 g/mol. The molecule has 15 heavy (non-hydrogen) atoms. The van der Waals surface area contributed by atoms with Crippen LogP contribution in [0.25, 0.3) is 0 Å². The maximum Gasteiger partial charge on any atom is 0.0744 e. The smallest absolute Gasteiger partial charge is 0.0744 e. The fourth-order valence-electron chi connectivity index (χ4n) is 2.03. The van der Waals surface area contributed by atoms with Crippen LogP contribution in [0.3, 0.4) is 0 Å². The van der Waals surface area contributed by atoms with E-state index in [0.29, 0.717) is 0 Å². The van der Waals surface area contributed by atoms with Gasteiger partial charge >= 0.3 is 0 Å². The van der Waals surface area contributed by atoms with Crippen molar-refractivity contribution >= 4 is 11.4 Å². The van der Waals surface area contributed by atoms with Crippen LogP contribution in [0.1, 0.15) is 20.8 Å². The zero-order chi connectivity index (χ0) is 11.1. The number of rotatable bonds is 0. The van der Waals surface area contributed by atoms with Gasteiger partial charge in [0.2, 0.25) is 0 Å². The van der Waals surface area contributed by atoms with Gasteiger partial charge in [0, 0.05) is 12.6 Å². The normalized spacial score (nSPS) is 25.6. The molecule has 0 saturated heterocycles. The van der Waals surface area contributed by atoms with Gasteiger partial charge in [0.15, 0.2) is 0 Å². The van der Waals surface area contributed by atoms with E-state index >= 15 is 0 Å². The standard InChI is InChI=1S/C13H16N2/c1-9-8-13(2,3)15-12-6-5-10(14-4)7-11(9)12/h5-8H,1-4H3. The lowest BCUT2D eigenvalue weighted by Gasteiger charge is -2.26. The van der Waals surface area contributed by atoms with Gasteiger partial charge in [-0.05, 0) is 44.6 Å². The Morgan fingerprint density at radius 2 is 2.00 bits per heavy atom. The molecule has 0 spiro atoms. The summed E-state index contributed by atoms with van der Waals surface area (Å²) in [7, 11) is 1.81. The number of dihydropyridines is 1. The second-order valence-corrected chi connectivity index (χ2v) is 4.52. The third-order valence-corrected chi connectivity index (χ3v) is 2.64. The first kappa shape index (κ1) is 10.1. The van der Waals surface area contributed by atoms with Crippen molar-refractivity contribution in [3.63, 3.8) is 0 Å². The Morgan fingerprint density at radius 3 is 2.67 bits per heavy atom. The Morgan fingerprint density at radius 1 is 1.27 bits per heavy atom. The van der Waals surface area contributed by atoms with E-state index in [0.717, 1.165) is 11.4 Å². The minimum Gasteiger partial charge on any atom is -0.289 e. The van der Waals surface area contributed by atoms with Crippen molar-refractivity contribution in [3.05, 3.63) is 35.5 Å². The van der Waals surface area contributed by atoms with E-state index in [2.05, 4.69) is 49.0 Å². The first-order valence-electron chi connectivity index (χ1n) is 5.18. The number of allylic oxidation sites excluding steroid dienone is 5. The Hall–Kier alpha value is -1.44. The maximum atomic E-state index is 4.69. The van der Waals surface area contributed by atoms with E-state index in [1.807, 2.05) is 13.1 Å². The molecule has 0 radical (unpaired) electrons. The number of aliphatic imine (C=N–C) groups is 2. The lowest BCUT2D eigenvalue weighted by molar-refractivity contribution is 0.648. The summed E-state index contributed by atoms with van der Waals surface area (Å²) in [5.41, 5.74) is 4.50. The topological polar surface area (TPSA) is 24.7 Å². The second-order valence-electron chi connectivity index (χ2n) is 4.52. The van der Waals surface area contributed by atoms with Crippen LogP contribution in [0.4, 0.5) is 0 Å². The fraction of sp³-hybridized carbons (Fsp3) is 0.385. The molecule has 0 amide bonds. The highest BCUT2D eigenvalue weighted by atomic mass is 14.9. The molecule has 78 valence electrons. The van der Waals surface area contributed by atoms with Crippen molar-refractivity contribution in [3.8, 4) is 0 Å². The van der Waals surface area contributed by atoms with Crippen LogP contribution in [0.5, 0.6) is 0 Å². The molecule has 0 saturated carbocycles. The van der Waals surface area contributed by atoms with Gasteiger partial charge in [-0.25, -0.2) is 0 Å². The molecule has 1 aliphatic heterocycles.